The van der Waals surface area contributed by atoms with Crippen LogP contribution in [0.25, 0.3) is 0 Å². The number of likely N-dealkylation sites (N-methyl/N-ethyl adjacent to an activating group) is 1. The number of ether oxygens (including phenoxy) is 2. The quantitative estimate of drug-likeness (QED) is 0.407. The van der Waals surface area contributed by atoms with Gasteiger partial charge in [-0.25, -0.2) is 8.78 Å². The van der Waals surface area contributed by atoms with E-state index in [4.69, 9.17) is 13.9 Å². The molecule has 1 aromatic heterocycles. The molecule has 0 spiro atoms. The summed E-state index contributed by atoms with van der Waals surface area (Å²) in [7, 11) is 4.99. The van der Waals surface area contributed by atoms with Crippen molar-refractivity contribution in [2.45, 2.75) is 31.8 Å². The van der Waals surface area contributed by atoms with Gasteiger partial charge in [0, 0.05) is 31.3 Å². The van der Waals surface area contributed by atoms with Gasteiger partial charge >= 0.3 is 0 Å². The Labute approximate surface area is 210 Å². The molecule has 1 atom stereocenters. The van der Waals surface area contributed by atoms with Gasteiger partial charge in [0.1, 0.15) is 11.6 Å². The largest absolute Gasteiger partial charge is 0.493 e. The minimum absolute atomic E-state index is 0.141. The second-order valence-electron chi connectivity index (χ2n) is 9.17. The number of para-hydroxylation sites is 1. The Balaban J connectivity index is 1.49. The Hall–Kier alpha value is -3.39. The average molecular weight is 499 g/mol. The third-order valence-electron chi connectivity index (χ3n) is 7.05. The van der Waals surface area contributed by atoms with Crippen LogP contribution in [0, 0.1) is 17.6 Å². The van der Waals surface area contributed by atoms with Crippen LogP contribution < -0.4 is 9.47 Å². The number of hydrogen-bond acceptors (Lipinski definition) is 5. The zero-order chi connectivity index (χ0) is 25.7. The summed E-state index contributed by atoms with van der Waals surface area (Å²) in [6, 6.07) is 12.5. The van der Waals surface area contributed by atoms with Gasteiger partial charge in [-0.05, 0) is 68.1 Å². The number of rotatable bonds is 9. The Morgan fingerprint density at radius 3 is 2.50 bits per heavy atom. The minimum Gasteiger partial charge on any atom is -0.493 e. The van der Waals surface area contributed by atoms with Crippen LogP contribution in [0.3, 0.4) is 0 Å². The molecule has 1 amide bonds. The van der Waals surface area contributed by atoms with Crippen molar-refractivity contribution in [3.63, 3.8) is 0 Å². The van der Waals surface area contributed by atoms with Crippen LogP contribution in [0.1, 0.15) is 34.5 Å². The summed E-state index contributed by atoms with van der Waals surface area (Å²) in [5.74, 6) is 0.345. The van der Waals surface area contributed by atoms with Crippen LogP contribution in [-0.2, 0) is 13.0 Å². The van der Waals surface area contributed by atoms with E-state index in [2.05, 4.69) is 4.90 Å². The number of nitrogens with zero attached hydrogens (tertiary/aromatic N) is 2. The predicted octanol–water partition coefficient (Wildman–Crippen LogP) is 5.17. The van der Waals surface area contributed by atoms with Gasteiger partial charge in [-0.1, -0.05) is 18.2 Å². The Morgan fingerprint density at radius 1 is 1.08 bits per heavy atom. The highest BCUT2D eigenvalue weighted by Crippen LogP contribution is 2.33. The molecule has 0 radical (unpaired) electrons. The first kappa shape index (κ1) is 25.7. The average Bonchev–Trinajstić information content (AvgIpc) is 3.43. The molecule has 4 rings (SSSR count). The molecule has 8 heteroatoms. The highest BCUT2D eigenvalue weighted by molar-refractivity contribution is 5.91. The zero-order valence-electron chi connectivity index (χ0n) is 20.9. The molecule has 0 aliphatic carbocycles. The van der Waals surface area contributed by atoms with Gasteiger partial charge in [0.15, 0.2) is 17.3 Å². The molecule has 2 aromatic carbocycles. The second-order valence-corrected chi connectivity index (χ2v) is 9.17. The third-order valence-corrected chi connectivity index (χ3v) is 7.05. The van der Waals surface area contributed by atoms with Gasteiger partial charge in [-0.2, -0.15) is 0 Å². The van der Waals surface area contributed by atoms with E-state index in [0.717, 1.165) is 43.3 Å². The number of methoxy groups -OCH3 is 2. The summed E-state index contributed by atoms with van der Waals surface area (Å²) in [5.41, 5.74) is 1.44. The van der Waals surface area contributed by atoms with Crippen LogP contribution in [0.15, 0.2) is 59.2 Å². The highest BCUT2D eigenvalue weighted by Gasteiger charge is 2.33. The molecule has 1 aliphatic rings. The number of benzene rings is 2. The zero-order valence-corrected chi connectivity index (χ0v) is 20.9. The fourth-order valence-corrected chi connectivity index (χ4v) is 5.07. The van der Waals surface area contributed by atoms with Crippen LogP contribution in [0.4, 0.5) is 8.78 Å². The lowest BCUT2D eigenvalue weighted by atomic mass is 9.84. The third kappa shape index (κ3) is 5.70. The highest BCUT2D eigenvalue weighted by atomic mass is 19.1. The van der Waals surface area contributed by atoms with E-state index < -0.39 is 11.6 Å². The van der Waals surface area contributed by atoms with E-state index in [1.165, 1.54) is 18.4 Å². The van der Waals surface area contributed by atoms with E-state index in [1.807, 2.05) is 18.2 Å². The number of furan rings is 1. The minimum atomic E-state index is -0.617. The fraction of sp³-hybridized carbons (Fsp3) is 0.393. The summed E-state index contributed by atoms with van der Waals surface area (Å²) >= 11 is 0. The molecule has 192 valence electrons. The number of halogens is 2. The van der Waals surface area contributed by atoms with Crippen molar-refractivity contribution in [3.8, 4) is 11.5 Å². The van der Waals surface area contributed by atoms with Gasteiger partial charge in [0.25, 0.3) is 5.91 Å². The lowest BCUT2D eigenvalue weighted by molar-refractivity contribution is 0.0554. The summed E-state index contributed by atoms with van der Waals surface area (Å²) in [4.78, 5) is 17.1. The number of hydrogen-bond donors (Lipinski definition) is 0. The van der Waals surface area contributed by atoms with Crippen molar-refractivity contribution in [1.29, 1.82) is 0 Å². The molecule has 0 bridgehead atoms. The van der Waals surface area contributed by atoms with E-state index in [9.17, 15) is 13.6 Å². The summed E-state index contributed by atoms with van der Waals surface area (Å²) in [6.07, 6.45) is 3.41. The fourth-order valence-electron chi connectivity index (χ4n) is 5.07. The van der Waals surface area contributed by atoms with Crippen molar-refractivity contribution >= 4 is 5.91 Å². The van der Waals surface area contributed by atoms with Gasteiger partial charge in [-0.15, -0.1) is 0 Å². The van der Waals surface area contributed by atoms with Gasteiger partial charge in [-0.3, -0.25) is 9.69 Å². The first-order chi connectivity index (χ1) is 17.4. The van der Waals surface area contributed by atoms with E-state index >= 15 is 0 Å². The molecular formula is C28H32F2N2O4. The standard InChI is InChI=1S/C28H32F2N2O4/c1-31(28(33)26-8-5-15-36-26)24(16-20-9-10-22(29)17-23(20)30)19-11-13-32(14-12-19)18-21-6-4-7-25(34-2)27(21)35-3/h4-10,15,17,19,24H,11-14,16,18H2,1-3H3/t24-/m0/s1. The van der Waals surface area contributed by atoms with Crippen LogP contribution in [0.2, 0.25) is 0 Å². The predicted molar refractivity (Wildman–Crippen MR) is 132 cm³/mol. The second kappa shape index (κ2) is 11.6. The first-order valence-electron chi connectivity index (χ1n) is 12.1. The van der Waals surface area contributed by atoms with E-state index in [0.29, 0.717) is 24.3 Å². The van der Waals surface area contributed by atoms with Gasteiger partial charge in [0.2, 0.25) is 0 Å². The number of carbonyl (C=O) groups excluding carboxylic acids is 1. The molecule has 1 fully saturated rings. The monoisotopic (exact) mass is 498 g/mol. The SMILES string of the molecule is COc1cccc(CN2CCC([C@H](Cc3ccc(F)cc3F)N(C)C(=O)c3ccco3)CC2)c1OC. The number of carbonyl (C=O) groups is 1. The summed E-state index contributed by atoms with van der Waals surface area (Å²) < 4.78 is 44.4. The van der Waals surface area contributed by atoms with Crippen LogP contribution in [0.5, 0.6) is 11.5 Å². The number of likely N-dealkylation sites (tertiary alicyclic amines) is 1. The maximum atomic E-state index is 14.6. The maximum absolute atomic E-state index is 14.6. The van der Waals surface area contributed by atoms with Crippen molar-refractivity contribution < 1.29 is 27.5 Å². The van der Waals surface area contributed by atoms with Gasteiger partial charge in [0.05, 0.1) is 20.5 Å². The maximum Gasteiger partial charge on any atom is 0.289 e. The summed E-state index contributed by atoms with van der Waals surface area (Å²) in [6.45, 7) is 2.35. The molecule has 0 saturated carbocycles. The van der Waals surface area contributed by atoms with E-state index in [-0.39, 0.29) is 23.6 Å². The smallest absolute Gasteiger partial charge is 0.289 e. The van der Waals surface area contributed by atoms with Crippen molar-refractivity contribution in [1.82, 2.24) is 9.80 Å². The molecule has 2 heterocycles. The van der Waals surface area contributed by atoms with Crippen molar-refractivity contribution in [2.24, 2.45) is 5.92 Å². The molecule has 0 N–H and O–H groups in total. The summed E-state index contributed by atoms with van der Waals surface area (Å²) in [5, 5.41) is 0. The van der Waals surface area contributed by atoms with Crippen molar-refractivity contribution in [2.75, 3.05) is 34.4 Å². The number of amides is 1. The van der Waals surface area contributed by atoms with Crippen LogP contribution >= 0.6 is 0 Å². The van der Waals surface area contributed by atoms with Crippen LogP contribution in [-0.4, -0.2) is 56.1 Å². The molecular weight excluding hydrogens is 466 g/mol. The van der Waals surface area contributed by atoms with Crippen molar-refractivity contribution in [3.05, 3.63) is 83.3 Å². The number of piperidine rings is 1. The molecule has 6 nitrogen and oxygen atoms in total. The van der Waals surface area contributed by atoms with E-state index in [1.54, 1.807) is 38.3 Å². The Morgan fingerprint density at radius 2 is 1.86 bits per heavy atom. The lowest BCUT2D eigenvalue weighted by Gasteiger charge is -2.40. The molecule has 3 aromatic rings. The Kier molecular flexibility index (Phi) is 8.25. The first-order valence-corrected chi connectivity index (χ1v) is 12.1. The normalized spacial score (nSPS) is 15.5. The molecule has 1 saturated heterocycles. The van der Waals surface area contributed by atoms with Gasteiger partial charge < -0.3 is 18.8 Å². The lowest BCUT2D eigenvalue weighted by Crippen LogP contribution is -2.47. The topological polar surface area (TPSA) is 55.2 Å². The Bertz CT molecular complexity index is 1160. The molecule has 36 heavy (non-hydrogen) atoms. The molecule has 1 aliphatic heterocycles. The molecule has 0 unspecified atom stereocenters.